The third kappa shape index (κ3) is 3.62. The van der Waals surface area contributed by atoms with Crippen molar-refractivity contribution in [2.45, 2.75) is 19.9 Å². The minimum absolute atomic E-state index is 0.297. The molecule has 4 rings (SSSR count). The van der Waals surface area contributed by atoms with Gasteiger partial charge in [0.25, 0.3) is 11.8 Å². The molecule has 6 heteroatoms. The number of nitrogens with one attached hydrogen (secondary N) is 2. The monoisotopic (exact) mass is 402 g/mol. The fourth-order valence-corrected chi connectivity index (χ4v) is 4.06. The van der Waals surface area contributed by atoms with Crippen LogP contribution >= 0.6 is 0 Å². The van der Waals surface area contributed by atoms with Crippen molar-refractivity contribution in [1.29, 1.82) is 0 Å². The smallest absolute Gasteiger partial charge is 0.275 e. The maximum absolute atomic E-state index is 12.8. The summed E-state index contributed by atoms with van der Waals surface area (Å²) >= 11 is 0. The fraction of sp³-hybridized carbons (Fsp3) is 0.250. The summed E-state index contributed by atoms with van der Waals surface area (Å²) in [4.78, 5) is 27.6. The van der Waals surface area contributed by atoms with E-state index in [0.29, 0.717) is 11.3 Å². The van der Waals surface area contributed by atoms with Crippen molar-refractivity contribution in [2.24, 2.45) is 0 Å². The van der Waals surface area contributed by atoms with Crippen LogP contribution in [0, 0.1) is 6.92 Å². The van der Waals surface area contributed by atoms with E-state index in [2.05, 4.69) is 40.3 Å². The van der Waals surface area contributed by atoms with Gasteiger partial charge in [0, 0.05) is 34.4 Å². The van der Waals surface area contributed by atoms with Crippen molar-refractivity contribution in [2.75, 3.05) is 26.0 Å². The van der Waals surface area contributed by atoms with Gasteiger partial charge in [-0.25, -0.2) is 0 Å². The summed E-state index contributed by atoms with van der Waals surface area (Å²) in [5.41, 5.74) is 4.35. The molecule has 1 aliphatic heterocycles. The Balaban J connectivity index is 1.85. The summed E-state index contributed by atoms with van der Waals surface area (Å²) in [6.07, 6.45) is 0.991. The molecular formula is C24H26N4O2. The molecule has 2 N–H and O–H groups in total. The van der Waals surface area contributed by atoms with Crippen LogP contribution in [0.4, 0.5) is 5.69 Å². The van der Waals surface area contributed by atoms with Gasteiger partial charge in [0.2, 0.25) is 0 Å². The highest BCUT2D eigenvalue weighted by Crippen LogP contribution is 2.35. The van der Waals surface area contributed by atoms with Crippen molar-refractivity contribution in [3.8, 4) is 0 Å². The number of amides is 2. The normalized spacial score (nSPS) is 14.1. The van der Waals surface area contributed by atoms with Gasteiger partial charge in [-0.05, 0) is 52.2 Å². The molecule has 0 saturated heterocycles. The van der Waals surface area contributed by atoms with E-state index >= 15 is 0 Å². The molecular weight excluding hydrogens is 376 g/mol. The molecule has 6 nitrogen and oxygen atoms in total. The zero-order valence-corrected chi connectivity index (χ0v) is 17.5. The Morgan fingerprint density at radius 3 is 2.40 bits per heavy atom. The number of imide groups is 1. The second-order valence-corrected chi connectivity index (χ2v) is 7.81. The third-order valence-electron chi connectivity index (χ3n) is 5.44. The van der Waals surface area contributed by atoms with Gasteiger partial charge in [0.05, 0.1) is 5.57 Å². The molecule has 0 fully saturated rings. The summed E-state index contributed by atoms with van der Waals surface area (Å²) in [6, 6.07) is 17.5. The van der Waals surface area contributed by atoms with Crippen LogP contribution < -0.4 is 10.6 Å². The molecule has 2 aromatic carbocycles. The van der Waals surface area contributed by atoms with Crippen LogP contribution in [0.2, 0.25) is 0 Å². The molecule has 2 amide bonds. The van der Waals surface area contributed by atoms with Crippen molar-refractivity contribution in [3.05, 3.63) is 71.6 Å². The standard InChI is InChI=1S/C24H26N4O2/c1-16-20(18-12-7-8-13-19(18)28(16)15-9-14-27(2)3)21-22(24(30)26-23(21)29)25-17-10-5-4-6-11-17/h4-8,10-13H,9,14-15H2,1-3H3,(H2,25,26,29,30). The number of carbonyl (C=O) groups is 2. The average Bonchev–Trinajstić information content (AvgIpc) is 3.15. The van der Waals surface area contributed by atoms with E-state index in [1.54, 1.807) is 0 Å². The Kier molecular flexibility index (Phi) is 5.42. The summed E-state index contributed by atoms with van der Waals surface area (Å²) in [7, 11) is 4.12. The van der Waals surface area contributed by atoms with E-state index in [9.17, 15) is 9.59 Å². The summed E-state index contributed by atoms with van der Waals surface area (Å²) < 4.78 is 2.25. The van der Waals surface area contributed by atoms with Crippen LogP contribution in [-0.4, -0.2) is 41.9 Å². The van der Waals surface area contributed by atoms with E-state index in [0.717, 1.165) is 47.4 Å². The lowest BCUT2D eigenvalue weighted by molar-refractivity contribution is -0.123. The van der Waals surface area contributed by atoms with Gasteiger partial charge < -0.3 is 14.8 Å². The molecule has 0 saturated carbocycles. The van der Waals surface area contributed by atoms with Crippen LogP contribution in [-0.2, 0) is 16.1 Å². The highest BCUT2D eigenvalue weighted by Gasteiger charge is 2.34. The molecule has 0 aliphatic carbocycles. The molecule has 0 unspecified atom stereocenters. The summed E-state index contributed by atoms with van der Waals surface area (Å²) in [5.74, 6) is -0.764. The van der Waals surface area contributed by atoms with E-state index in [1.807, 2.05) is 55.5 Å². The van der Waals surface area contributed by atoms with Gasteiger partial charge in [0.15, 0.2) is 0 Å². The maximum atomic E-state index is 12.8. The molecule has 0 radical (unpaired) electrons. The topological polar surface area (TPSA) is 66.4 Å². The van der Waals surface area contributed by atoms with Crippen molar-refractivity contribution in [1.82, 2.24) is 14.8 Å². The minimum Gasteiger partial charge on any atom is -0.350 e. The highest BCUT2D eigenvalue weighted by atomic mass is 16.2. The SMILES string of the molecule is Cc1c(C2=C(Nc3ccccc3)C(=O)NC2=O)c2ccccc2n1CCCN(C)C. The van der Waals surface area contributed by atoms with Crippen molar-refractivity contribution in [3.63, 3.8) is 0 Å². The van der Waals surface area contributed by atoms with Crippen molar-refractivity contribution >= 4 is 34.0 Å². The van der Waals surface area contributed by atoms with Gasteiger partial charge in [-0.2, -0.15) is 0 Å². The van der Waals surface area contributed by atoms with Crippen molar-refractivity contribution < 1.29 is 9.59 Å². The number of hydrogen-bond donors (Lipinski definition) is 2. The number of para-hydroxylation sites is 2. The number of fused-ring (bicyclic) bond motifs is 1. The first-order chi connectivity index (χ1) is 14.5. The first-order valence-corrected chi connectivity index (χ1v) is 10.1. The molecule has 2 heterocycles. The van der Waals surface area contributed by atoms with Gasteiger partial charge in [-0.3, -0.25) is 14.9 Å². The zero-order chi connectivity index (χ0) is 21.3. The lowest BCUT2D eigenvalue weighted by atomic mass is 10.0. The number of aryl methyl sites for hydroxylation is 1. The first kappa shape index (κ1) is 19.9. The number of benzene rings is 2. The van der Waals surface area contributed by atoms with Crippen LogP contribution in [0.3, 0.4) is 0 Å². The molecule has 0 spiro atoms. The Labute approximate surface area is 176 Å². The number of anilines is 1. The number of rotatable bonds is 7. The highest BCUT2D eigenvalue weighted by molar-refractivity contribution is 6.38. The largest absolute Gasteiger partial charge is 0.350 e. The number of hydrogen-bond acceptors (Lipinski definition) is 4. The molecule has 1 aromatic heterocycles. The van der Waals surface area contributed by atoms with Crippen LogP contribution in [0.5, 0.6) is 0 Å². The Bertz CT molecular complexity index is 1140. The molecule has 1 aliphatic rings. The molecule has 0 bridgehead atoms. The minimum atomic E-state index is -0.400. The first-order valence-electron chi connectivity index (χ1n) is 10.1. The fourth-order valence-electron chi connectivity index (χ4n) is 4.06. The predicted octanol–water partition coefficient (Wildman–Crippen LogP) is 3.38. The number of nitrogens with zero attached hydrogens (tertiary/aromatic N) is 2. The molecule has 154 valence electrons. The second kappa shape index (κ2) is 8.16. The molecule has 0 atom stereocenters. The van der Waals surface area contributed by atoms with E-state index in [4.69, 9.17) is 0 Å². The van der Waals surface area contributed by atoms with Crippen LogP contribution in [0.15, 0.2) is 60.3 Å². The number of aromatic nitrogens is 1. The molecule has 30 heavy (non-hydrogen) atoms. The quantitative estimate of drug-likeness (QED) is 0.595. The van der Waals surface area contributed by atoms with Gasteiger partial charge in [0.1, 0.15) is 5.70 Å². The molecule has 3 aromatic rings. The van der Waals surface area contributed by atoms with Crippen LogP contribution in [0.25, 0.3) is 16.5 Å². The third-order valence-corrected chi connectivity index (χ3v) is 5.44. The van der Waals surface area contributed by atoms with Gasteiger partial charge >= 0.3 is 0 Å². The lowest BCUT2D eigenvalue weighted by Gasteiger charge is -2.12. The Morgan fingerprint density at radius 1 is 0.967 bits per heavy atom. The zero-order valence-electron chi connectivity index (χ0n) is 17.5. The Hall–Kier alpha value is -3.38. The second-order valence-electron chi connectivity index (χ2n) is 7.81. The van der Waals surface area contributed by atoms with Crippen LogP contribution in [0.1, 0.15) is 17.7 Å². The predicted molar refractivity (Wildman–Crippen MR) is 120 cm³/mol. The van der Waals surface area contributed by atoms with Gasteiger partial charge in [-0.15, -0.1) is 0 Å². The Morgan fingerprint density at radius 2 is 1.67 bits per heavy atom. The number of carbonyl (C=O) groups excluding carboxylic acids is 2. The summed E-state index contributed by atoms with van der Waals surface area (Å²) in [6.45, 7) is 3.84. The van der Waals surface area contributed by atoms with E-state index in [1.165, 1.54) is 0 Å². The lowest BCUT2D eigenvalue weighted by Crippen LogP contribution is -2.24. The van der Waals surface area contributed by atoms with Gasteiger partial charge in [-0.1, -0.05) is 36.4 Å². The van der Waals surface area contributed by atoms with E-state index < -0.39 is 5.91 Å². The maximum Gasteiger partial charge on any atom is 0.275 e. The summed E-state index contributed by atoms with van der Waals surface area (Å²) in [5, 5.41) is 6.60. The van der Waals surface area contributed by atoms with E-state index in [-0.39, 0.29) is 5.91 Å². The average molecular weight is 402 g/mol.